The van der Waals surface area contributed by atoms with Crippen LogP contribution in [0.4, 0.5) is 0 Å². The summed E-state index contributed by atoms with van der Waals surface area (Å²) in [6, 6.07) is 0. The maximum absolute atomic E-state index is 4.57. The van der Waals surface area contributed by atoms with Crippen LogP contribution in [0.2, 0.25) is 0 Å². The summed E-state index contributed by atoms with van der Waals surface area (Å²) in [7, 11) is 0. The molecule has 2 aliphatic rings. The minimum atomic E-state index is 0.879. The van der Waals surface area contributed by atoms with Crippen molar-refractivity contribution in [3.63, 3.8) is 0 Å². The Morgan fingerprint density at radius 2 is 2.07 bits per heavy atom. The number of thiazole rings is 1. The van der Waals surface area contributed by atoms with Crippen molar-refractivity contribution in [3.8, 4) is 0 Å². The lowest BCUT2D eigenvalue weighted by atomic mass is 9.95. The number of aromatic nitrogens is 1. The van der Waals surface area contributed by atoms with Crippen molar-refractivity contribution in [1.29, 1.82) is 0 Å². The van der Waals surface area contributed by atoms with Gasteiger partial charge in [-0.3, -0.25) is 0 Å². The monoisotopic (exact) mass is 222 g/mol. The summed E-state index contributed by atoms with van der Waals surface area (Å²) in [6.07, 6.45) is 8.80. The average Bonchev–Trinajstić information content (AvgIpc) is 3.02. The van der Waals surface area contributed by atoms with Gasteiger partial charge in [0, 0.05) is 17.5 Å². The second kappa shape index (κ2) is 4.22. The predicted octanol–water partition coefficient (Wildman–Crippen LogP) is 2.56. The molecule has 0 aromatic carbocycles. The van der Waals surface area contributed by atoms with E-state index in [-0.39, 0.29) is 0 Å². The van der Waals surface area contributed by atoms with E-state index in [0.717, 1.165) is 11.8 Å². The number of hydrogen-bond acceptors (Lipinski definition) is 3. The summed E-state index contributed by atoms with van der Waals surface area (Å²) in [5.41, 5.74) is 0. The maximum atomic E-state index is 4.57. The molecule has 0 atom stereocenters. The molecule has 0 bridgehead atoms. The van der Waals surface area contributed by atoms with Crippen molar-refractivity contribution in [3.05, 3.63) is 16.1 Å². The summed E-state index contributed by atoms with van der Waals surface area (Å²) in [5, 5.41) is 4.80. The molecular formula is C12H18N2S. The molecule has 1 aromatic heterocycles. The predicted molar refractivity (Wildman–Crippen MR) is 63.4 cm³/mol. The smallest absolute Gasteiger partial charge is 0.0930 e. The van der Waals surface area contributed by atoms with E-state index in [0.29, 0.717) is 0 Å². The van der Waals surface area contributed by atoms with Crippen LogP contribution in [0.1, 0.15) is 41.5 Å². The molecule has 1 aliphatic heterocycles. The quantitative estimate of drug-likeness (QED) is 0.850. The third-order valence-electron chi connectivity index (χ3n) is 3.47. The van der Waals surface area contributed by atoms with E-state index >= 15 is 0 Å². The first kappa shape index (κ1) is 9.79. The third-order valence-corrected chi connectivity index (χ3v) is 4.66. The molecule has 2 nitrogen and oxygen atoms in total. The van der Waals surface area contributed by atoms with Gasteiger partial charge in [-0.15, -0.1) is 11.3 Å². The Morgan fingerprint density at radius 3 is 2.80 bits per heavy atom. The normalized spacial score (nSPS) is 23.2. The maximum Gasteiger partial charge on any atom is 0.0930 e. The van der Waals surface area contributed by atoms with E-state index < -0.39 is 0 Å². The zero-order valence-electron chi connectivity index (χ0n) is 9.04. The molecule has 1 aromatic rings. The lowest BCUT2D eigenvalue weighted by Gasteiger charge is -2.21. The van der Waals surface area contributed by atoms with Gasteiger partial charge in [0.15, 0.2) is 0 Å². The van der Waals surface area contributed by atoms with Gasteiger partial charge < -0.3 is 5.32 Å². The van der Waals surface area contributed by atoms with E-state index in [1.807, 2.05) is 11.3 Å². The Kier molecular flexibility index (Phi) is 2.76. The number of piperidine rings is 1. The highest BCUT2D eigenvalue weighted by Gasteiger charge is 2.26. The molecular weight excluding hydrogens is 204 g/mol. The fourth-order valence-corrected chi connectivity index (χ4v) is 3.51. The molecule has 1 aliphatic carbocycles. The molecule has 0 radical (unpaired) electrons. The van der Waals surface area contributed by atoms with Gasteiger partial charge in [-0.25, -0.2) is 4.98 Å². The molecule has 1 saturated carbocycles. The zero-order valence-corrected chi connectivity index (χ0v) is 9.85. The Bertz CT molecular complexity index is 324. The van der Waals surface area contributed by atoms with Crippen LogP contribution in [0.15, 0.2) is 6.20 Å². The average molecular weight is 222 g/mol. The highest BCUT2D eigenvalue weighted by Crippen LogP contribution is 2.42. The van der Waals surface area contributed by atoms with Gasteiger partial charge in [-0.1, -0.05) is 0 Å². The van der Waals surface area contributed by atoms with Crippen LogP contribution in [-0.4, -0.2) is 18.1 Å². The first-order valence-electron chi connectivity index (χ1n) is 6.07. The zero-order chi connectivity index (χ0) is 10.1. The van der Waals surface area contributed by atoms with Crippen LogP contribution in [0.3, 0.4) is 0 Å². The van der Waals surface area contributed by atoms with Crippen LogP contribution in [0.5, 0.6) is 0 Å². The number of hydrogen-bond donors (Lipinski definition) is 1. The highest BCUT2D eigenvalue weighted by atomic mass is 32.1. The van der Waals surface area contributed by atoms with E-state index in [1.54, 1.807) is 4.88 Å². The second-order valence-electron chi connectivity index (χ2n) is 4.83. The molecule has 0 amide bonds. The van der Waals surface area contributed by atoms with Gasteiger partial charge in [-0.05, 0) is 50.6 Å². The van der Waals surface area contributed by atoms with Crippen molar-refractivity contribution in [2.24, 2.45) is 5.92 Å². The van der Waals surface area contributed by atoms with Crippen LogP contribution >= 0.6 is 11.3 Å². The van der Waals surface area contributed by atoms with Crippen molar-refractivity contribution < 1.29 is 0 Å². The lowest BCUT2D eigenvalue weighted by molar-refractivity contribution is 0.372. The van der Waals surface area contributed by atoms with Crippen molar-refractivity contribution >= 4 is 11.3 Å². The third kappa shape index (κ3) is 2.40. The summed E-state index contributed by atoms with van der Waals surface area (Å²) in [4.78, 5) is 6.11. The van der Waals surface area contributed by atoms with E-state index in [2.05, 4.69) is 16.5 Å². The molecule has 1 saturated heterocycles. The van der Waals surface area contributed by atoms with Gasteiger partial charge >= 0.3 is 0 Å². The fraction of sp³-hybridized carbons (Fsp3) is 0.750. The van der Waals surface area contributed by atoms with Crippen LogP contribution < -0.4 is 5.32 Å². The van der Waals surface area contributed by atoms with Crippen LogP contribution in [0, 0.1) is 5.92 Å². The van der Waals surface area contributed by atoms with Crippen molar-refractivity contribution in [2.75, 3.05) is 13.1 Å². The minimum Gasteiger partial charge on any atom is -0.317 e. The van der Waals surface area contributed by atoms with E-state index in [9.17, 15) is 0 Å². The molecule has 15 heavy (non-hydrogen) atoms. The van der Waals surface area contributed by atoms with Crippen LogP contribution in [-0.2, 0) is 6.42 Å². The SMILES string of the molecule is c1nc(CC2CCNCC2)sc1C1CC1. The Labute approximate surface area is 95.1 Å². The van der Waals surface area contributed by atoms with Crippen molar-refractivity contribution in [1.82, 2.24) is 10.3 Å². The molecule has 0 unspecified atom stereocenters. The van der Waals surface area contributed by atoms with Gasteiger partial charge in [0.25, 0.3) is 0 Å². The molecule has 3 rings (SSSR count). The Balaban J connectivity index is 1.60. The summed E-state index contributed by atoms with van der Waals surface area (Å²) >= 11 is 1.97. The van der Waals surface area contributed by atoms with Gasteiger partial charge in [-0.2, -0.15) is 0 Å². The standard InChI is InChI=1S/C12H18N2S/c1-2-10(1)11-8-14-12(15-11)7-9-3-5-13-6-4-9/h8-10,13H,1-7H2. The molecule has 3 heteroatoms. The number of nitrogens with one attached hydrogen (secondary N) is 1. The summed E-state index contributed by atoms with van der Waals surface area (Å²) in [6.45, 7) is 2.40. The Morgan fingerprint density at radius 1 is 1.27 bits per heavy atom. The number of rotatable bonds is 3. The fourth-order valence-electron chi connectivity index (χ4n) is 2.31. The minimum absolute atomic E-state index is 0.879. The summed E-state index contributed by atoms with van der Waals surface area (Å²) < 4.78 is 0. The Hall–Kier alpha value is -0.410. The lowest BCUT2D eigenvalue weighted by Crippen LogP contribution is -2.28. The molecule has 1 N–H and O–H groups in total. The summed E-state index contributed by atoms with van der Waals surface area (Å²) in [5.74, 6) is 1.76. The van der Waals surface area contributed by atoms with Gasteiger partial charge in [0.1, 0.15) is 0 Å². The second-order valence-corrected chi connectivity index (χ2v) is 5.97. The molecule has 82 valence electrons. The van der Waals surface area contributed by atoms with E-state index in [1.165, 1.54) is 50.2 Å². The highest BCUT2D eigenvalue weighted by molar-refractivity contribution is 7.11. The first-order chi connectivity index (χ1) is 7.42. The largest absolute Gasteiger partial charge is 0.317 e. The van der Waals surface area contributed by atoms with Crippen molar-refractivity contribution in [2.45, 2.75) is 38.0 Å². The van der Waals surface area contributed by atoms with Gasteiger partial charge in [0.2, 0.25) is 0 Å². The van der Waals surface area contributed by atoms with Gasteiger partial charge in [0.05, 0.1) is 5.01 Å². The van der Waals surface area contributed by atoms with E-state index in [4.69, 9.17) is 0 Å². The molecule has 2 fully saturated rings. The number of nitrogens with zero attached hydrogens (tertiary/aromatic N) is 1. The first-order valence-corrected chi connectivity index (χ1v) is 6.89. The molecule has 2 heterocycles. The molecule has 0 spiro atoms. The topological polar surface area (TPSA) is 24.9 Å². The van der Waals surface area contributed by atoms with Crippen LogP contribution in [0.25, 0.3) is 0 Å².